The third kappa shape index (κ3) is 1.74. The van der Waals surface area contributed by atoms with Gasteiger partial charge in [0.1, 0.15) is 11.8 Å². The summed E-state index contributed by atoms with van der Waals surface area (Å²) < 4.78 is 10.9. The van der Waals surface area contributed by atoms with Gasteiger partial charge < -0.3 is 14.3 Å². The van der Waals surface area contributed by atoms with Gasteiger partial charge in [0.2, 0.25) is 11.7 Å². The minimum atomic E-state index is 0.333. The van der Waals surface area contributed by atoms with Crippen molar-refractivity contribution in [2.45, 2.75) is 12.3 Å². The van der Waals surface area contributed by atoms with Gasteiger partial charge in [-0.1, -0.05) is 23.4 Å². The first-order chi connectivity index (χ1) is 9.42. The minimum absolute atomic E-state index is 0.333. The van der Waals surface area contributed by atoms with Crippen LogP contribution in [0.5, 0.6) is 0 Å². The van der Waals surface area contributed by atoms with Gasteiger partial charge in [0.05, 0.1) is 11.5 Å². The Balaban J connectivity index is 1.76. The second-order valence-corrected chi connectivity index (χ2v) is 4.79. The Hall–Kier alpha value is -2.14. The molecular formula is C14H13N3O2. The maximum atomic E-state index is 5.50. The van der Waals surface area contributed by atoms with Crippen molar-refractivity contribution in [2.24, 2.45) is 0 Å². The van der Waals surface area contributed by atoms with Crippen molar-refractivity contribution < 1.29 is 8.94 Å². The molecule has 0 saturated carbocycles. The van der Waals surface area contributed by atoms with E-state index in [0.29, 0.717) is 17.6 Å². The molecule has 96 valence electrons. The van der Waals surface area contributed by atoms with Crippen molar-refractivity contribution in [3.05, 3.63) is 36.4 Å². The first-order valence-electron chi connectivity index (χ1n) is 6.43. The fraction of sp³-hybridized carbons (Fsp3) is 0.286. The predicted molar refractivity (Wildman–Crippen MR) is 69.7 cm³/mol. The first-order valence-corrected chi connectivity index (χ1v) is 6.43. The Bertz CT molecular complexity index is 710. The molecule has 5 heteroatoms. The fourth-order valence-electron chi connectivity index (χ4n) is 2.53. The molecule has 0 bridgehead atoms. The lowest BCUT2D eigenvalue weighted by Gasteiger charge is -1.98. The van der Waals surface area contributed by atoms with Crippen molar-refractivity contribution in [2.75, 3.05) is 13.1 Å². The monoisotopic (exact) mass is 255 g/mol. The molecule has 0 amide bonds. The molecule has 1 aliphatic rings. The topological polar surface area (TPSA) is 64.1 Å². The number of fused-ring (bicyclic) bond motifs is 1. The summed E-state index contributed by atoms with van der Waals surface area (Å²) in [5.74, 6) is 1.65. The van der Waals surface area contributed by atoms with Gasteiger partial charge in [-0.15, -0.1) is 0 Å². The molecule has 1 aromatic carbocycles. The number of aromatic nitrogens is 2. The van der Waals surface area contributed by atoms with E-state index in [-0.39, 0.29) is 0 Å². The van der Waals surface area contributed by atoms with Gasteiger partial charge in [-0.2, -0.15) is 4.98 Å². The van der Waals surface area contributed by atoms with E-state index < -0.39 is 0 Å². The summed E-state index contributed by atoms with van der Waals surface area (Å²) in [7, 11) is 0. The third-order valence-corrected chi connectivity index (χ3v) is 3.57. The van der Waals surface area contributed by atoms with Crippen LogP contribution >= 0.6 is 0 Å². The third-order valence-electron chi connectivity index (χ3n) is 3.57. The standard InChI is InChI=1S/C14H13N3O2/c1-2-4-12-10(3-1)11(8-18-12)13-16-14(19-17-13)9-5-6-15-7-9/h1-4,8-9,15H,5-7H2. The Morgan fingerprint density at radius 3 is 3.11 bits per heavy atom. The molecule has 1 atom stereocenters. The average Bonchev–Trinajstić information content (AvgIpc) is 3.18. The zero-order valence-corrected chi connectivity index (χ0v) is 10.3. The lowest BCUT2D eigenvalue weighted by molar-refractivity contribution is 0.359. The van der Waals surface area contributed by atoms with E-state index in [1.165, 1.54) is 0 Å². The number of nitrogens with zero attached hydrogens (tertiary/aromatic N) is 2. The van der Waals surface area contributed by atoms with E-state index in [1.807, 2.05) is 24.3 Å². The van der Waals surface area contributed by atoms with E-state index in [1.54, 1.807) is 6.26 Å². The highest BCUT2D eigenvalue weighted by atomic mass is 16.5. The SMILES string of the molecule is c1ccc2c(-c3noc(C4CCNC4)n3)coc2c1. The highest BCUT2D eigenvalue weighted by Crippen LogP contribution is 2.30. The van der Waals surface area contributed by atoms with Gasteiger partial charge in [0, 0.05) is 11.9 Å². The summed E-state index contributed by atoms with van der Waals surface area (Å²) in [5.41, 5.74) is 1.72. The summed E-state index contributed by atoms with van der Waals surface area (Å²) in [4.78, 5) is 4.51. The van der Waals surface area contributed by atoms with Crippen LogP contribution in [0.1, 0.15) is 18.2 Å². The zero-order chi connectivity index (χ0) is 12.7. The van der Waals surface area contributed by atoms with Crippen molar-refractivity contribution in [3.8, 4) is 11.4 Å². The molecule has 2 aromatic heterocycles. The lowest BCUT2D eigenvalue weighted by atomic mass is 10.1. The second kappa shape index (κ2) is 4.20. The van der Waals surface area contributed by atoms with Gasteiger partial charge in [-0.05, 0) is 19.0 Å². The van der Waals surface area contributed by atoms with E-state index in [4.69, 9.17) is 8.94 Å². The minimum Gasteiger partial charge on any atom is -0.464 e. The number of para-hydroxylation sites is 1. The van der Waals surface area contributed by atoms with Crippen LogP contribution in [0, 0.1) is 0 Å². The van der Waals surface area contributed by atoms with Gasteiger partial charge in [-0.3, -0.25) is 0 Å². The smallest absolute Gasteiger partial charge is 0.231 e. The van der Waals surface area contributed by atoms with E-state index in [0.717, 1.165) is 36.0 Å². The summed E-state index contributed by atoms with van der Waals surface area (Å²) in [5, 5.41) is 8.39. The molecule has 3 heterocycles. The van der Waals surface area contributed by atoms with Crippen molar-refractivity contribution in [1.82, 2.24) is 15.5 Å². The molecule has 0 spiro atoms. The molecule has 1 N–H and O–H groups in total. The van der Waals surface area contributed by atoms with Crippen molar-refractivity contribution in [1.29, 1.82) is 0 Å². The van der Waals surface area contributed by atoms with Crippen LogP contribution in [-0.4, -0.2) is 23.2 Å². The Morgan fingerprint density at radius 2 is 2.21 bits per heavy atom. The lowest BCUT2D eigenvalue weighted by Crippen LogP contribution is -2.08. The van der Waals surface area contributed by atoms with Crippen LogP contribution in [-0.2, 0) is 0 Å². The zero-order valence-electron chi connectivity index (χ0n) is 10.3. The summed E-state index contributed by atoms with van der Waals surface area (Å²) in [6.07, 6.45) is 2.74. The number of nitrogens with one attached hydrogen (secondary N) is 1. The molecule has 1 unspecified atom stereocenters. The predicted octanol–water partition coefficient (Wildman–Crippen LogP) is 2.56. The van der Waals surface area contributed by atoms with Crippen molar-refractivity contribution >= 4 is 11.0 Å². The molecule has 1 saturated heterocycles. The Kier molecular flexibility index (Phi) is 2.38. The number of furan rings is 1. The highest BCUT2D eigenvalue weighted by Gasteiger charge is 2.23. The first kappa shape index (κ1) is 10.8. The second-order valence-electron chi connectivity index (χ2n) is 4.79. The van der Waals surface area contributed by atoms with Crippen LogP contribution in [0.4, 0.5) is 0 Å². The normalized spacial score (nSPS) is 19.3. The molecule has 19 heavy (non-hydrogen) atoms. The van der Waals surface area contributed by atoms with E-state index in [2.05, 4.69) is 15.5 Å². The molecule has 5 nitrogen and oxygen atoms in total. The number of hydrogen-bond acceptors (Lipinski definition) is 5. The van der Waals surface area contributed by atoms with Crippen LogP contribution in [0.2, 0.25) is 0 Å². The van der Waals surface area contributed by atoms with Gasteiger partial charge in [-0.25, -0.2) is 0 Å². The molecule has 4 rings (SSSR count). The van der Waals surface area contributed by atoms with Crippen LogP contribution < -0.4 is 5.32 Å². The fourth-order valence-corrected chi connectivity index (χ4v) is 2.53. The summed E-state index contributed by atoms with van der Waals surface area (Å²) in [6.45, 7) is 1.92. The van der Waals surface area contributed by atoms with Crippen LogP contribution in [0.25, 0.3) is 22.4 Å². The van der Waals surface area contributed by atoms with Crippen LogP contribution in [0.15, 0.2) is 39.5 Å². The summed E-state index contributed by atoms with van der Waals surface area (Å²) in [6, 6.07) is 7.85. The van der Waals surface area contributed by atoms with Gasteiger partial charge >= 0.3 is 0 Å². The molecule has 1 fully saturated rings. The highest BCUT2D eigenvalue weighted by molar-refractivity contribution is 5.91. The van der Waals surface area contributed by atoms with Crippen molar-refractivity contribution in [3.63, 3.8) is 0 Å². The number of rotatable bonds is 2. The Labute approximate surface area is 109 Å². The number of benzene rings is 1. The maximum absolute atomic E-state index is 5.50. The molecule has 1 aliphatic heterocycles. The molecular weight excluding hydrogens is 242 g/mol. The van der Waals surface area contributed by atoms with E-state index in [9.17, 15) is 0 Å². The molecule has 0 radical (unpaired) electrons. The molecule has 3 aromatic rings. The molecule has 0 aliphatic carbocycles. The quantitative estimate of drug-likeness (QED) is 0.762. The average molecular weight is 255 g/mol. The number of hydrogen-bond donors (Lipinski definition) is 1. The Morgan fingerprint density at radius 1 is 1.26 bits per heavy atom. The van der Waals surface area contributed by atoms with Crippen LogP contribution in [0.3, 0.4) is 0 Å². The summed E-state index contributed by atoms with van der Waals surface area (Å²) >= 11 is 0. The maximum Gasteiger partial charge on any atom is 0.231 e. The largest absolute Gasteiger partial charge is 0.464 e. The van der Waals surface area contributed by atoms with E-state index >= 15 is 0 Å². The van der Waals surface area contributed by atoms with Gasteiger partial charge in [0.25, 0.3) is 0 Å². The van der Waals surface area contributed by atoms with Gasteiger partial charge in [0.15, 0.2) is 0 Å².